The molecule has 1 aliphatic rings. The highest BCUT2D eigenvalue weighted by atomic mass is 32.2. The number of fused-ring (bicyclic) bond motifs is 1. The second-order valence-corrected chi connectivity index (χ2v) is 8.61. The van der Waals surface area contributed by atoms with Crippen LogP contribution in [0.2, 0.25) is 0 Å². The molecule has 1 fully saturated rings. The number of rotatable bonds is 4. The predicted octanol–water partition coefficient (Wildman–Crippen LogP) is 3.70. The normalized spacial score (nSPS) is 15.2. The van der Waals surface area contributed by atoms with E-state index in [1.807, 2.05) is 32.0 Å². The Kier molecular flexibility index (Phi) is 4.84. The SMILES string of the molecule is Cc1nc(SC(C)C(=O)N2CCNC2=O)c2cc(-c3ccccc3)sc2n1. The molecule has 1 atom stereocenters. The Balaban J connectivity index is 1.66. The van der Waals surface area contributed by atoms with Crippen LogP contribution in [0, 0.1) is 6.92 Å². The van der Waals surface area contributed by atoms with E-state index < -0.39 is 5.25 Å². The largest absolute Gasteiger partial charge is 0.336 e. The van der Waals surface area contributed by atoms with Gasteiger partial charge in [0.05, 0.1) is 5.25 Å². The Labute approximate surface area is 165 Å². The van der Waals surface area contributed by atoms with Crippen LogP contribution in [0.5, 0.6) is 0 Å². The lowest BCUT2D eigenvalue weighted by atomic mass is 10.2. The Bertz CT molecular complexity index is 1020. The second kappa shape index (κ2) is 7.28. The number of nitrogens with one attached hydrogen (secondary N) is 1. The van der Waals surface area contributed by atoms with Crippen LogP contribution in [0.1, 0.15) is 12.7 Å². The van der Waals surface area contributed by atoms with Crippen molar-refractivity contribution >= 4 is 45.3 Å². The van der Waals surface area contributed by atoms with Crippen LogP contribution in [0.3, 0.4) is 0 Å². The molecular formula is C19H18N4O2S2. The van der Waals surface area contributed by atoms with Crippen molar-refractivity contribution in [1.82, 2.24) is 20.2 Å². The molecule has 0 aliphatic carbocycles. The first kappa shape index (κ1) is 17.9. The van der Waals surface area contributed by atoms with Crippen LogP contribution in [0.4, 0.5) is 4.79 Å². The van der Waals surface area contributed by atoms with E-state index in [9.17, 15) is 9.59 Å². The van der Waals surface area contributed by atoms with Crippen LogP contribution in [-0.2, 0) is 4.79 Å². The van der Waals surface area contributed by atoms with Crippen molar-refractivity contribution in [1.29, 1.82) is 0 Å². The van der Waals surface area contributed by atoms with Gasteiger partial charge in [-0.15, -0.1) is 11.3 Å². The minimum atomic E-state index is -0.411. The Morgan fingerprint density at radius 3 is 2.78 bits per heavy atom. The molecule has 1 N–H and O–H groups in total. The van der Waals surface area contributed by atoms with Crippen molar-refractivity contribution in [2.75, 3.05) is 13.1 Å². The molecule has 6 nitrogen and oxygen atoms in total. The van der Waals surface area contributed by atoms with Gasteiger partial charge in [0.1, 0.15) is 15.7 Å². The number of carbonyl (C=O) groups excluding carboxylic acids is 2. The van der Waals surface area contributed by atoms with Gasteiger partial charge in [-0.05, 0) is 25.5 Å². The van der Waals surface area contributed by atoms with Gasteiger partial charge in [-0.2, -0.15) is 0 Å². The standard InChI is InChI=1S/C19H18N4O2S2/c1-11(18(24)23-9-8-20-19(23)25)26-16-14-10-15(13-6-4-3-5-7-13)27-17(14)22-12(2)21-16/h3-7,10-11H,8-9H2,1-2H3,(H,20,25). The van der Waals surface area contributed by atoms with Gasteiger partial charge in [0.15, 0.2) is 0 Å². The average Bonchev–Trinajstić information content (AvgIpc) is 3.28. The fraction of sp³-hybridized carbons (Fsp3) is 0.263. The van der Waals surface area contributed by atoms with E-state index in [1.165, 1.54) is 16.7 Å². The highest BCUT2D eigenvalue weighted by molar-refractivity contribution is 8.00. The lowest BCUT2D eigenvalue weighted by Gasteiger charge is -2.17. The summed E-state index contributed by atoms with van der Waals surface area (Å²) in [6, 6.07) is 11.9. The van der Waals surface area contributed by atoms with E-state index >= 15 is 0 Å². The van der Waals surface area contributed by atoms with Gasteiger partial charge in [0.2, 0.25) is 5.91 Å². The number of amides is 3. The minimum absolute atomic E-state index is 0.196. The highest BCUT2D eigenvalue weighted by Gasteiger charge is 2.30. The summed E-state index contributed by atoms with van der Waals surface area (Å²) >= 11 is 2.99. The maximum absolute atomic E-state index is 12.6. The summed E-state index contributed by atoms with van der Waals surface area (Å²) in [6.07, 6.45) is 0. The molecule has 0 saturated carbocycles. The molecule has 0 radical (unpaired) electrons. The van der Waals surface area contributed by atoms with Crippen LogP contribution in [-0.4, -0.2) is 45.1 Å². The summed E-state index contributed by atoms with van der Waals surface area (Å²) in [7, 11) is 0. The van der Waals surface area contributed by atoms with Crippen molar-refractivity contribution < 1.29 is 9.59 Å². The number of aryl methyl sites for hydroxylation is 1. The summed E-state index contributed by atoms with van der Waals surface area (Å²) in [5.41, 5.74) is 1.13. The number of carbonyl (C=O) groups is 2. The van der Waals surface area contributed by atoms with Gasteiger partial charge in [-0.25, -0.2) is 14.8 Å². The van der Waals surface area contributed by atoms with E-state index in [2.05, 4.69) is 33.5 Å². The van der Waals surface area contributed by atoms with E-state index in [0.29, 0.717) is 18.9 Å². The number of hydrogen-bond donors (Lipinski definition) is 1. The molecule has 3 aromatic rings. The molecule has 4 rings (SSSR count). The maximum atomic E-state index is 12.6. The van der Waals surface area contributed by atoms with Gasteiger partial charge < -0.3 is 5.32 Å². The first-order valence-electron chi connectivity index (χ1n) is 8.62. The molecule has 0 spiro atoms. The fourth-order valence-corrected chi connectivity index (χ4v) is 5.13. The summed E-state index contributed by atoms with van der Waals surface area (Å²) < 4.78 is 0. The van der Waals surface area contributed by atoms with E-state index in [0.717, 1.165) is 25.7 Å². The Morgan fingerprint density at radius 1 is 1.30 bits per heavy atom. The van der Waals surface area contributed by atoms with E-state index in [-0.39, 0.29) is 11.9 Å². The number of urea groups is 1. The minimum Gasteiger partial charge on any atom is -0.336 e. The van der Waals surface area contributed by atoms with Gasteiger partial charge in [-0.3, -0.25) is 9.69 Å². The van der Waals surface area contributed by atoms with Crippen LogP contribution < -0.4 is 5.32 Å². The van der Waals surface area contributed by atoms with E-state index in [1.54, 1.807) is 11.3 Å². The zero-order valence-corrected chi connectivity index (χ0v) is 16.6. The molecule has 3 amide bonds. The summed E-state index contributed by atoms with van der Waals surface area (Å²) in [6.45, 7) is 4.58. The van der Waals surface area contributed by atoms with Crippen molar-refractivity contribution in [3.8, 4) is 10.4 Å². The molecule has 1 aromatic carbocycles. The van der Waals surface area contributed by atoms with Crippen molar-refractivity contribution in [2.24, 2.45) is 0 Å². The lowest BCUT2D eigenvalue weighted by molar-refractivity contribution is -0.126. The smallest absolute Gasteiger partial charge is 0.324 e. The molecule has 1 saturated heterocycles. The topological polar surface area (TPSA) is 75.2 Å². The number of benzene rings is 1. The average molecular weight is 399 g/mol. The lowest BCUT2D eigenvalue weighted by Crippen LogP contribution is -2.38. The van der Waals surface area contributed by atoms with Gasteiger partial charge in [0.25, 0.3) is 0 Å². The Morgan fingerprint density at radius 2 is 2.07 bits per heavy atom. The first-order chi connectivity index (χ1) is 13.0. The molecule has 27 heavy (non-hydrogen) atoms. The molecule has 3 heterocycles. The molecule has 2 aromatic heterocycles. The van der Waals surface area contributed by atoms with Crippen molar-refractivity contribution in [3.05, 3.63) is 42.2 Å². The predicted molar refractivity (Wildman–Crippen MR) is 108 cm³/mol. The van der Waals surface area contributed by atoms with Crippen LogP contribution in [0.15, 0.2) is 41.4 Å². The summed E-state index contributed by atoms with van der Waals surface area (Å²) in [4.78, 5) is 36.8. The highest BCUT2D eigenvalue weighted by Crippen LogP contribution is 2.37. The number of hydrogen-bond acceptors (Lipinski definition) is 6. The van der Waals surface area contributed by atoms with Gasteiger partial charge in [0, 0.05) is 23.4 Å². The molecule has 0 bridgehead atoms. The third kappa shape index (κ3) is 3.54. The monoisotopic (exact) mass is 398 g/mol. The molecular weight excluding hydrogens is 380 g/mol. The van der Waals surface area contributed by atoms with Crippen LogP contribution in [0.25, 0.3) is 20.7 Å². The van der Waals surface area contributed by atoms with Crippen molar-refractivity contribution in [2.45, 2.75) is 24.1 Å². The summed E-state index contributed by atoms with van der Waals surface area (Å²) in [5.74, 6) is 0.475. The third-order valence-electron chi connectivity index (χ3n) is 4.29. The number of thioether (sulfide) groups is 1. The molecule has 138 valence electrons. The number of imide groups is 1. The second-order valence-electron chi connectivity index (χ2n) is 6.25. The summed E-state index contributed by atoms with van der Waals surface area (Å²) in [5, 5.41) is 3.97. The molecule has 1 aliphatic heterocycles. The zero-order valence-electron chi connectivity index (χ0n) is 14.9. The molecule has 1 unspecified atom stereocenters. The van der Waals surface area contributed by atoms with Crippen molar-refractivity contribution in [3.63, 3.8) is 0 Å². The van der Waals surface area contributed by atoms with Crippen LogP contribution >= 0.6 is 23.1 Å². The fourth-order valence-electron chi connectivity index (χ4n) is 2.95. The van der Waals surface area contributed by atoms with E-state index in [4.69, 9.17) is 0 Å². The Hall–Kier alpha value is -2.45. The third-order valence-corrected chi connectivity index (χ3v) is 6.45. The first-order valence-corrected chi connectivity index (χ1v) is 10.3. The maximum Gasteiger partial charge on any atom is 0.324 e. The number of aromatic nitrogens is 2. The number of nitrogens with zero attached hydrogens (tertiary/aromatic N) is 3. The molecule has 8 heteroatoms. The van der Waals surface area contributed by atoms with Gasteiger partial charge in [-0.1, -0.05) is 42.1 Å². The van der Waals surface area contributed by atoms with Gasteiger partial charge >= 0.3 is 6.03 Å². The zero-order chi connectivity index (χ0) is 19.0. The number of thiophene rings is 1. The quantitative estimate of drug-likeness (QED) is 0.536.